The Kier molecular flexibility index (Phi) is 7.64. The van der Waals surface area contributed by atoms with Crippen LogP contribution in [0.5, 0.6) is 0 Å². The van der Waals surface area contributed by atoms with Gasteiger partial charge in [0.2, 0.25) is 5.78 Å². The molecule has 0 saturated heterocycles. The largest absolute Gasteiger partial charge is 0.462 e. The zero-order chi connectivity index (χ0) is 26.5. The molecule has 0 saturated carbocycles. The number of Topliss-reactive ketones (excluding diaryl/α,β-unsaturated/α-hetero) is 1. The van der Waals surface area contributed by atoms with Gasteiger partial charge in [0.1, 0.15) is 0 Å². The molecule has 2 heterocycles. The Morgan fingerprint density at radius 3 is 1.74 bits per heavy atom. The van der Waals surface area contributed by atoms with E-state index < -0.39 is 53.6 Å². The van der Waals surface area contributed by atoms with Crippen molar-refractivity contribution in [3.05, 3.63) is 32.9 Å². The third kappa shape index (κ3) is 5.57. The van der Waals surface area contributed by atoms with Crippen molar-refractivity contribution in [3.63, 3.8) is 0 Å². The average molecular weight is 615 g/mol. The van der Waals surface area contributed by atoms with Gasteiger partial charge in [0.05, 0.1) is 8.66 Å². The van der Waals surface area contributed by atoms with Crippen molar-refractivity contribution in [2.24, 2.45) is 0 Å². The first-order valence-corrected chi connectivity index (χ1v) is 10.9. The van der Waals surface area contributed by atoms with Crippen LogP contribution in [0, 0.1) is 0 Å². The molecular weight excluding hydrogens is 605 g/mol. The van der Waals surface area contributed by atoms with Gasteiger partial charge in [-0.3, -0.25) is 14.3 Å². The maximum Gasteiger partial charge on any atom is 0.462 e. The quantitative estimate of drug-likeness (QED) is 0.211. The fourth-order valence-corrected chi connectivity index (χ4v) is 4.68. The second-order valence-electron chi connectivity index (χ2n) is 6.74. The number of thiophene rings is 2. The summed E-state index contributed by atoms with van der Waals surface area (Å²) in [4.78, 5) is 12.7. The molecule has 0 N–H and O–H groups in total. The number of halogens is 12. The second-order valence-corrected chi connectivity index (χ2v) is 10.3. The van der Waals surface area contributed by atoms with Gasteiger partial charge in [-0.25, -0.2) is 8.78 Å². The van der Waals surface area contributed by atoms with Gasteiger partial charge in [-0.15, -0.1) is 22.7 Å². The molecular formula is C17H10BrF11O3S2. The molecule has 2 aromatic rings. The van der Waals surface area contributed by atoms with Crippen LogP contribution in [0.2, 0.25) is 0 Å². The van der Waals surface area contributed by atoms with Crippen molar-refractivity contribution in [2.75, 3.05) is 0 Å². The number of ketones is 1. The van der Waals surface area contributed by atoms with Crippen LogP contribution in [-0.4, -0.2) is 41.8 Å². The molecule has 0 aromatic carbocycles. The van der Waals surface area contributed by atoms with Gasteiger partial charge in [0, 0.05) is 23.6 Å². The first kappa shape index (κ1) is 28.9. The molecule has 0 aliphatic carbocycles. The van der Waals surface area contributed by atoms with Gasteiger partial charge in [-0.1, -0.05) is 0 Å². The number of ether oxygens (including phenoxy) is 2. The molecule has 192 valence electrons. The summed E-state index contributed by atoms with van der Waals surface area (Å²) in [6.45, 7) is -0.672. The Balaban J connectivity index is 2.26. The van der Waals surface area contributed by atoms with E-state index in [2.05, 4.69) is 25.4 Å². The van der Waals surface area contributed by atoms with Gasteiger partial charge in [-0.2, -0.15) is 39.5 Å². The van der Waals surface area contributed by atoms with Crippen molar-refractivity contribution >= 4 is 44.4 Å². The van der Waals surface area contributed by atoms with Crippen LogP contribution < -0.4 is 0 Å². The van der Waals surface area contributed by atoms with Crippen LogP contribution in [-0.2, 0) is 9.47 Å². The fourth-order valence-electron chi connectivity index (χ4n) is 2.17. The van der Waals surface area contributed by atoms with Crippen LogP contribution in [0.4, 0.5) is 48.3 Å². The lowest BCUT2D eigenvalue weighted by Gasteiger charge is -2.37. The normalized spacial score (nSPS) is 17.4. The summed E-state index contributed by atoms with van der Waals surface area (Å²) in [5.74, 6) is -18.6. The predicted octanol–water partition coefficient (Wildman–Crippen LogP) is 8.21. The van der Waals surface area contributed by atoms with E-state index in [-0.39, 0.29) is 6.92 Å². The van der Waals surface area contributed by atoms with Gasteiger partial charge < -0.3 is 0 Å². The number of carbonyl (C=O) groups excluding carboxylic acids is 1. The summed E-state index contributed by atoms with van der Waals surface area (Å²) in [6, 6.07) is 5.51. The molecule has 0 aliphatic heterocycles. The standard InChI is InChI=1S/C17H10BrF11O3S2/c1-12(19,11(30)9-4-3-7(33-9)8-5-6-10(18)34-8)31-16(26,27)13(2,20)32-17(28,29)14(21,22)15(23,24)25/h3-6H,1-2H3. The number of rotatable bonds is 9. The van der Waals surface area contributed by atoms with E-state index in [1.807, 2.05) is 0 Å². The van der Waals surface area contributed by atoms with Crippen molar-refractivity contribution in [1.82, 2.24) is 0 Å². The van der Waals surface area contributed by atoms with Crippen LogP contribution in [0.15, 0.2) is 28.1 Å². The summed E-state index contributed by atoms with van der Waals surface area (Å²) >= 11 is 4.95. The van der Waals surface area contributed by atoms with Gasteiger partial charge in [-0.05, 0) is 40.2 Å². The van der Waals surface area contributed by atoms with E-state index in [1.54, 1.807) is 12.1 Å². The molecule has 2 rings (SSSR count). The first-order valence-electron chi connectivity index (χ1n) is 8.43. The minimum absolute atomic E-state index is 0.0307. The SMILES string of the molecule is CC(F)(OC(F)(F)C(C)(F)OC(F)(F)C(F)(F)C(F)(F)F)C(=O)c1ccc(-c2ccc(Br)s2)s1. The van der Waals surface area contributed by atoms with Gasteiger partial charge in [0.15, 0.2) is 0 Å². The third-order valence-electron chi connectivity index (χ3n) is 3.93. The second kappa shape index (κ2) is 8.97. The third-order valence-corrected chi connectivity index (χ3v) is 6.84. The summed E-state index contributed by atoms with van der Waals surface area (Å²) in [6.07, 6.45) is -19.8. The molecule has 0 radical (unpaired) electrons. The van der Waals surface area contributed by atoms with Crippen LogP contribution in [0.3, 0.4) is 0 Å². The molecule has 0 bridgehead atoms. The highest BCUT2D eigenvalue weighted by Crippen LogP contribution is 2.51. The summed E-state index contributed by atoms with van der Waals surface area (Å²) in [5.41, 5.74) is 0. The zero-order valence-electron chi connectivity index (χ0n) is 16.4. The highest BCUT2D eigenvalue weighted by molar-refractivity contribution is 9.11. The fraction of sp³-hybridized carbons (Fsp3) is 0.471. The van der Waals surface area contributed by atoms with Gasteiger partial charge >= 0.3 is 30.2 Å². The summed E-state index contributed by atoms with van der Waals surface area (Å²) < 4.78 is 152. The number of carbonyl (C=O) groups is 1. The van der Waals surface area contributed by atoms with Crippen molar-refractivity contribution in [1.29, 1.82) is 0 Å². The Morgan fingerprint density at radius 2 is 1.26 bits per heavy atom. The van der Waals surface area contributed by atoms with Gasteiger partial charge in [0.25, 0.3) is 5.85 Å². The van der Waals surface area contributed by atoms with Crippen molar-refractivity contribution < 1.29 is 62.6 Å². The average Bonchev–Trinajstić information content (AvgIpc) is 3.26. The highest BCUT2D eigenvalue weighted by atomic mass is 79.9. The molecule has 0 aliphatic rings. The lowest BCUT2D eigenvalue weighted by molar-refractivity contribution is -0.498. The first-order chi connectivity index (χ1) is 15.0. The molecule has 0 spiro atoms. The molecule has 3 nitrogen and oxygen atoms in total. The smallest absolute Gasteiger partial charge is 0.287 e. The molecule has 34 heavy (non-hydrogen) atoms. The zero-order valence-corrected chi connectivity index (χ0v) is 19.6. The van der Waals surface area contributed by atoms with Crippen LogP contribution in [0.25, 0.3) is 9.75 Å². The Hall–Kier alpha value is -1.30. The minimum atomic E-state index is -7.11. The van der Waals surface area contributed by atoms with E-state index in [1.165, 1.54) is 17.4 Å². The van der Waals surface area contributed by atoms with Crippen molar-refractivity contribution in [3.8, 4) is 9.75 Å². The molecule has 2 atom stereocenters. The number of alkyl halides is 11. The van der Waals surface area contributed by atoms with Crippen molar-refractivity contribution in [2.45, 2.75) is 49.9 Å². The lowest BCUT2D eigenvalue weighted by Crippen LogP contribution is -2.60. The van der Waals surface area contributed by atoms with E-state index >= 15 is 0 Å². The molecule has 2 unspecified atom stereocenters. The van der Waals surface area contributed by atoms with Crippen LogP contribution >= 0.6 is 38.6 Å². The Morgan fingerprint density at radius 1 is 0.765 bits per heavy atom. The molecule has 0 fully saturated rings. The Bertz CT molecular complexity index is 1040. The van der Waals surface area contributed by atoms with E-state index in [9.17, 15) is 53.1 Å². The maximum absolute atomic E-state index is 14.7. The lowest BCUT2D eigenvalue weighted by atomic mass is 10.2. The summed E-state index contributed by atoms with van der Waals surface area (Å²) in [5, 5.41) is 0. The molecule has 17 heteroatoms. The summed E-state index contributed by atoms with van der Waals surface area (Å²) in [7, 11) is 0. The molecule has 2 aromatic heterocycles. The number of hydrogen-bond acceptors (Lipinski definition) is 5. The molecule has 0 amide bonds. The monoisotopic (exact) mass is 614 g/mol. The number of hydrogen-bond donors (Lipinski definition) is 0. The highest BCUT2D eigenvalue weighted by Gasteiger charge is 2.78. The predicted molar refractivity (Wildman–Crippen MR) is 102 cm³/mol. The van der Waals surface area contributed by atoms with E-state index in [0.717, 1.165) is 6.07 Å². The maximum atomic E-state index is 14.7. The minimum Gasteiger partial charge on any atom is -0.287 e. The van der Waals surface area contributed by atoms with E-state index in [0.29, 0.717) is 24.9 Å². The Labute approximate surface area is 199 Å². The van der Waals surface area contributed by atoms with E-state index in [4.69, 9.17) is 0 Å². The van der Waals surface area contributed by atoms with Crippen LogP contribution in [0.1, 0.15) is 23.5 Å². The topological polar surface area (TPSA) is 35.5 Å².